The molecule has 2 N–H and O–H groups in total. The van der Waals surface area contributed by atoms with Crippen LogP contribution < -0.4 is 21.5 Å². The van der Waals surface area contributed by atoms with Gasteiger partial charge in [-0.15, -0.1) is 0 Å². The molecular formula is C18H9F6N3O4. The fraction of sp³-hybridized carbons (Fsp3) is 0.111. The number of hydrogen-bond donors (Lipinski definition) is 2. The molecule has 0 saturated carbocycles. The summed E-state index contributed by atoms with van der Waals surface area (Å²) in [6, 6.07) is 5.22. The first-order chi connectivity index (χ1) is 14.3. The lowest BCUT2D eigenvalue weighted by Crippen LogP contribution is -2.35. The summed E-state index contributed by atoms with van der Waals surface area (Å²) in [5, 5.41) is 15.2. The summed E-state index contributed by atoms with van der Waals surface area (Å²) < 4.78 is 77.8. The average Bonchev–Trinajstić information content (AvgIpc) is 2.69. The van der Waals surface area contributed by atoms with Crippen LogP contribution in [0.3, 0.4) is 0 Å². The molecule has 0 heterocycles. The molecule has 162 valence electrons. The first-order valence-corrected chi connectivity index (χ1v) is 8.18. The lowest BCUT2D eigenvalue weighted by atomic mass is 10.1. The lowest BCUT2D eigenvalue weighted by Gasteiger charge is -2.18. The third-order valence-corrected chi connectivity index (χ3v) is 4.11. The van der Waals surface area contributed by atoms with E-state index >= 15 is 0 Å². The Balaban J connectivity index is 1.95. The van der Waals surface area contributed by atoms with Crippen molar-refractivity contribution in [3.63, 3.8) is 0 Å². The van der Waals surface area contributed by atoms with Crippen molar-refractivity contribution < 1.29 is 31.3 Å². The maximum Gasteiger partial charge on any atom is 0.416 e. The average molecular weight is 445 g/mol. The van der Waals surface area contributed by atoms with E-state index in [1.165, 1.54) is 12.1 Å². The van der Waals surface area contributed by atoms with Gasteiger partial charge in [-0.25, -0.2) is 0 Å². The van der Waals surface area contributed by atoms with Gasteiger partial charge in [0.2, 0.25) is 0 Å². The van der Waals surface area contributed by atoms with E-state index in [0.717, 1.165) is 12.1 Å². The summed E-state index contributed by atoms with van der Waals surface area (Å²) in [6.07, 6.45) is -10.2. The van der Waals surface area contributed by atoms with Crippen LogP contribution in [-0.2, 0) is 12.4 Å². The van der Waals surface area contributed by atoms with Gasteiger partial charge in [0, 0.05) is 23.5 Å². The predicted molar refractivity (Wildman–Crippen MR) is 97.5 cm³/mol. The topological polar surface area (TPSA) is 101 Å². The quantitative estimate of drug-likeness (QED) is 0.255. The second-order valence-corrected chi connectivity index (χ2v) is 6.26. The van der Waals surface area contributed by atoms with E-state index < -0.39 is 56.3 Å². The summed E-state index contributed by atoms with van der Waals surface area (Å²) >= 11 is 0. The molecule has 0 bridgehead atoms. The van der Waals surface area contributed by atoms with Crippen molar-refractivity contribution in [3.8, 4) is 0 Å². The van der Waals surface area contributed by atoms with Gasteiger partial charge in [-0.05, 0) is 30.3 Å². The highest BCUT2D eigenvalue weighted by atomic mass is 19.4. The van der Waals surface area contributed by atoms with Crippen molar-refractivity contribution in [2.75, 3.05) is 10.6 Å². The van der Waals surface area contributed by atoms with Crippen molar-refractivity contribution in [2.45, 2.75) is 12.4 Å². The molecule has 0 unspecified atom stereocenters. The zero-order valence-electron chi connectivity index (χ0n) is 14.9. The molecule has 0 fully saturated rings. The van der Waals surface area contributed by atoms with Gasteiger partial charge in [0.1, 0.15) is 11.4 Å². The molecule has 0 aliphatic heterocycles. The Morgan fingerprint density at radius 2 is 1.13 bits per heavy atom. The molecule has 3 aromatic rings. The van der Waals surface area contributed by atoms with Crippen LogP contribution in [0.1, 0.15) is 11.1 Å². The SMILES string of the molecule is O=c1c(Nc2ccc([N+](=O)[O-])cc2)c(Nc2cc(C(F)(F)F)cc(C(F)(F)F)c2)c1=O. The third-order valence-electron chi connectivity index (χ3n) is 4.11. The van der Waals surface area contributed by atoms with Crippen LogP contribution in [0.4, 0.5) is 54.8 Å². The van der Waals surface area contributed by atoms with Crippen LogP contribution in [0.15, 0.2) is 52.1 Å². The van der Waals surface area contributed by atoms with E-state index in [0.29, 0.717) is 12.1 Å². The van der Waals surface area contributed by atoms with Crippen LogP contribution in [0, 0.1) is 10.1 Å². The normalized spacial score (nSPS) is 12.1. The molecule has 0 aliphatic carbocycles. The standard InChI is InChI=1S/C18H9F6N3O4/c19-17(20,21)8-5-9(18(22,23)24)7-11(6-8)26-14-13(15(28)16(14)29)25-10-1-3-12(4-2-10)27(30)31/h1-7,25-26H. The molecule has 7 nitrogen and oxygen atoms in total. The highest BCUT2D eigenvalue weighted by molar-refractivity contribution is 5.82. The molecule has 0 aromatic heterocycles. The number of nitrogens with zero attached hydrogens (tertiary/aromatic N) is 1. The number of nitro groups is 1. The monoisotopic (exact) mass is 445 g/mol. The van der Waals surface area contributed by atoms with Gasteiger partial charge in [0.15, 0.2) is 0 Å². The summed E-state index contributed by atoms with van der Waals surface area (Å²) in [5.41, 5.74) is -7.24. The van der Waals surface area contributed by atoms with Gasteiger partial charge >= 0.3 is 12.4 Å². The number of nitro benzene ring substituents is 1. The number of hydrogen-bond acceptors (Lipinski definition) is 6. The Morgan fingerprint density at radius 3 is 1.52 bits per heavy atom. The molecule has 0 aliphatic rings. The smallest absolute Gasteiger partial charge is 0.350 e. The fourth-order valence-corrected chi connectivity index (χ4v) is 2.61. The van der Waals surface area contributed by atoms with Crippen molar-refractivity contribution in [3.05, 3.63) is 84.2 Å². The van der Waals surface area contributed by atoms with Crippen molar-refractivity contribution >= 4 is 28.4 Å². The summed E-state index contributed by atoms with van der Waals surface area (Å²) in [4.78, 5) is 33.6. The Bertz CT molecular complexity index is 1190. The molecule has 31 heavy (non-hydrogen) atoms. The van der Waals surface area contributed by atoms with Crippen LogP contribution in [0.2, 0.25) is 0 Å². The number of benzene rings is 2. The molecule has 0 radical (unpaired) electrons. The van der Waals surface area contributed by atoms with E-state index in [2.05, 4.69) is 10.6 Å². The van der Waals surface area contributed by atoms with E-state index in [1.807, 2.05) is 0 Å². The van der Waals surface area contributed by atoms with E-state index in [1.54, 1.807) is 0 Å². The molecule has 0 atom stereocenters. The molecule has 0 spiro atoms. The largest absolute Gasteiger partial charge is 0.416 e. The van der Waals surface area contributed by atoms with Gasteiger partial charge in [0.25, 0.3) is 16.5 Å². The van der Waals surface area contributed by atoms with Crippen molar-refractivity contribution in [1.82, 2.24) is 0 Å². The zero-order valence-corrected chi connectivity index (χ0v) is 14.9. The molecule has 0 amide bonds. The van der Waals surface area contributed by atoms with E-state index in [-0.39, 0.29) is 17.4 Å². The maximum absolute atomic E-state index is 13.0. The lowest BCUT2D eigenvalue weighted by molar-refractivity contribution is -0.384. The predicted octanol–water partition coefficient (Wildman–Crippen LogP) is 4.72. The third kappa shape index (κ3) is 4.49. The zero-order chi connectivity index (χ0) is 23.1. The number of rotatable bonds is 5. The van der Waals surface area contributed by atoms with Crippen molar-refractivity contribution in [2.24, 2.45) is 0 Å². The Labute approximate surface area is 167 Å². The summed E-state index contributed by atoms with van der Waals surface area (Å²) in [7, 11) is 0. The van der Waals surface area contributed by atoms with Gasteiger partial charge in [-0.1, -0.05) is 0 Å². The highest BCUT2D eigenvalue weighted by Gasteiger charge is 2.37. The molecule has 0 saturated heterocycles. The minimum absolute atomic E-state index is 0.0800. The number of alkyl halides is 6. The minimum atomic E-state index is -5.09. The molecule has 3 rings (SSSR count). The summed E-state index contributed by atoms with van der Waals surface area (Å²) in [5.74, 6) is 0. The van der Waals surface area contributed by atoms with Crippen LogP contribution in [0.5, 0.6) is 0 Å². The number of anilines is 4. The maximum atomic E-state index is 13.0. The Kier molecular flexibility index (Phi) is 5.21. The molecule has 13 heteroatoms. The Hall–Kier alpha value is -3.90. The number of nitrogens with one attached hydrogen (secondary N) is 2. The van der Waals surface area contributed by atoms with E-state index in [9.17, 15) is 46.0 Å². The van der Waals surface area contributed by atoms with Crippen LogP contribution >= 0.6 is 0 Å². The van der Waals surface area contributed by atoms with Gasteiger partial charge in [-0.3, -0.25) is 19.7 Å². The van der Waals surface area contributed by atoms with Crippen molar-refractivity contribution in [1.29, 1.82) is 0 Å². The second kappa shape index (κ2) is 7.41. The molecule has 3 aromatic carbocycles. The van der Waals surface area contributed by atoms with E-state index in [4.69, 9.17) is 0 Å². The van der Waals surface area contributed by atoms with Gasteiger partial charge in [0.05, 0.1) is 16.1 Å². The van der Waals surface area contributed by atoms with Gasteiger partial charge in [-0.2, -0.15) is 26.3 Å². The van der Waals surface area contributed by atoms with Gasteiger partial charge < -0.3 is 10.6 Å². The number of halogens is 6. The second-order valence-electron chi connectivity index (χ2n) is 6.26. The fourth-order valence-electron chi connectivity index (χ4n) is 2.61. The van der Waals surface area contributed by atoms with Crippen LogP contribution in [-0.4, -0.2) is 4.92 Å². The summed E-state index contributed by atoms with van der Waals surface area (Å²) in [6.45, 7) is 0. The highest BCUT2D eigenvalue weighted by Crippen LogP contribution is 2.38. The van der Waals surface area contributed by atoms with Crippen LogP contribution in [0.25, 0.3) is 0 Å². The minimum Gasteiger partial charge on any atom is -0.350 e. The first-order valence-electron chi connectivity index (χ1n) is 8.18. The number of non-ortho nitro benzene ring substituents is 1. The molecular weight excluding hydrogens is 436 g/mol. The Morgan fingerprint density at radius 1 is 0.710 bits per heavy atom. The first kappa shape index (κ1) is 21.8.